The number of amides is 1. The van der Waals surface area contributed by atoms with Gasteiger partial charge in [-0.3, -0.25) is 10.7 Å². The number of thiol groups is 1. The van der Waals surface area contributed by atoms with Crippen LogP contribution in [0.3, 0.4) is 0 Å². The van der Waals surface area contributed by atoms with Gasteiger partial charge in [0.25, 0.3) is 0 Å². The van der Waals surface area contributed by atoms with Crippen molar-refractivity contribution in [2.24, 2.45) is 11.8 Å². The van der Waals surface area contributed by atoms with Crippen LogP contribution in [0, 0.1) is 17.2 Å². The lowest BCUT2D eigenvalue weighted by Crippen LogP contribution is -2.60. The zero-order valence-corrected chi connectivity index (χ0v) is 11.1. The molecule has 1 aromatic heterocycles. The number of carbonyl (C=O) groups excluding carboxylic acids is 1. The van der Waals surface area contributed by atoms with Crippen molar-refractivity contribution in [3.8, 4) is 0 Å². The molecule has 0 aliphatic heterocycles. The zero-order valence-electron chi connectivity index (χ0n) is 10.2. The van der Waals surface area contributed by atoms with E-state index in [-0.39, 0.29) is 17.7 Å². The molecule has 0 radical (unpaired) electrons. The summed E-state index contributed by atoms with van der Waals surface area (Å²) >= 11 is 4.34. The van der Waals surface area contributed by atoms with Crippen LogP contribution in [0.5, 0.6) is 0 Å². The third kappa shape index (κ3) is 2.79. The van der Waals surface area contributed by atoms with Gasteiger partial charge < -0.3 is 5.41 Å². The van der Waals surface area contributed by atoms with Crippen molar-refractivity contribution in [2.75, 3.05) is 0 Å². The van der Waals surface area contributed by atoms with E-state index in [0.717, 1.165) is 36.1 Å². The van der Waals surface area contributed by atoms with E-state index < -0.39 is 0 Å². The molecule has 0 unspecified atom stereocenters. The van der Waals surface area contributed by atoms with E-state index in [9.17, 15) is 4.79 Å². The fourth-order valence-corrected chi connectivity index (χ4v) is 2.80. The second kappa shape index (κ2) is 5.63. The Labute approximate surface area is 112 Å². The van der Waals surface area contributed by atoms with Crippen LogP contribution in [0.4, 0.5) is 0 Å². The molecule has 2 rings (SSSR count). The van der Waals surface area contributed by atoms with Crippen LogP contribution in [0.15, 0.2) is 23.4 Å². The fourth-order valence-electron chi connectivity index (χ4n) is 2.54. The molecule has 4 N–H and O–H groups in total. The van der Waals surface area contributed by atoms with Crippen LogP contribution in [-0.4, -0.2) is 16.6 Å². The van der Waals surface area contributed by atoms with E-state index in [1.165, 1.54) is 0 Å². The maximum atomic E-state index is 11.2. The summed E-state index contributed by atoms with van der Waals surface area (Å²) in [6.07, 6.45) is 6.83. The first-order valence-corrected chi connectivity index (χ1v) is 6.62. The fraction of sp³-hybridized carbons (Fsp3) is 0.462. The molecule has 1 heterocycles. The molecule has 18 heavy (non-hydrogen) atoms. The molecule has 1 saturated carbocycles. The third-order valence-electron chi connectivity index (χ3n) is 3.68. The number of nitrogens with zero attached hydrogens (tertiary/aromatic N) is 1. The summed E-state index contributed by atoms with van der Waals surface area (Å²) in [5.41, 5.74) is 4.97. The Morgan fingerprint density at radius 2 is 1.94 bits per heavy atom. The highest BCUT2D eigenvalue weighted by Crippen LogP contribution is 2.31. The molecule has 5 heteroatoms. The predicted molar refractivity (Wildman–Crippen MR) is 71.7 cm³/mol. The van der Waals surface area contributed by atoms with Crippen molar-refractivity contribution in [1.82, 2.24) is 4.98 Å². The number of carbonyl (C=O) groups is 1. The number of aromatic nitrogens is 1. The standard InChI is InChI=1S/C13H17N3OS/c14-12(10-5-6-16-7-11(10)18)8-1-3-9(4-2-8)13(15)17/h5-9,14,18H,1-4H2,(H2,15,17)/p+1. The largest absolute Gasteiger partial charge is 0.311 e. The minimum absolute atomic E-state index is 0.0405. The monoisotopic (exact) mass is 264 g/mol. The quantitative estimate of drug-likeness (QED) is 0.568. The van der Waals surface area contributed by atoms with E-state index in [0.29, 0.717) is 5.71 Å². The molecule has 0 bridgehead atoms. The lowest BCUT2D eigenvalue weighted by molar-refractivity contribution is -0.312. The van der Waals surface area contributed by atoms with E-state index >= 15 is 0 Å². The molecule has 0 spiro atoms. The summed E-state index contributed by atoms with van der Waals surface area (Å²) in [5, 5.41) is 8.26. The SMILES string of the molecule is N=C(c1ccncc1S)C1CCC(C([NH3+])=O)CC1. The number of pyridine rings is 1. The number of quaternary nitrogens is 1. The molecule has 0 saturated heterocycles. The summed E-state index contributed by atoms with van der Waals surface area (Å²) in [4.78, 5) is 15.9. The van der Waals surface area contributed by atoms with Gasteiger partial charge in [0, 0.05) is 34.5 Å². The highest BCUT2D eigenvalue weighted by Gasteiger charge is 2.29. The Balaban J connectivity index is 2.04. The first-order chi connectivity index (χ1) is 8.59. The number of rotatable bonds is 3. The second-order valence-corrected chi connectivity index (χ2v) is 5.30. The Hall–Kier alpha value is -1.20. The number of hydrogen-bond acceptors (Lipinski definition) is 4. The summed E-state index contributed by atoms with van der Waals surface area (Å²) in [7, 11) is 0. The Morgan fingerprint density at radius 3 is 2.50 bits per heavy atom. The second-order valence-electron chi connectivity index (χ2n) is 4.82. The van der Waals surface area contributed by atoms with Crippen molar-refractivity contribution in [3.05, 3.63) is 24.0 Å². The van der Waals surface area contributed by atoms with Gasteiger partial charge in [0.05, 0.1) is 5.92 Å². The lowest BCUT2D eigenvalue weighted by Gasteiger charge is -2.26. The summed E-state index contributed by atoms with van der Waals surface area (Å²) in [6, 6.07) is 1.84. The van der Waals surface area contributed by atoms with Crippen LogP contribution >= 0.6 is 12.6 Å². The van der Waals surface area contributed by atoms with Crippen LogP contribution in [0.1, 0.15) is 31.2 Å². The third-order valence-corrected chi connectivity index (χ3v) is 4.04. The average Bonchev–Trinajstić information content (AvgIpc) is 2.38. The molecule has 1 fully saturated rings. The number of hydrogen-bond donors (Lipinski definition) is 3. The van der Waals surface area contributed by atoms with Crippen LogP contribution in [-0.2, 0) is 4.79 Å². The first-order valence-electron chi connectivity index (χ1n) is 6.17. The van der Waals surface area contributed by atoms with Crippen molar-refractivity contribution in [1.29, 1.82) is 5.41 Å². The Kier molecular flexibility index (Phi) is 4.14. The molecule has 1 aliphatic rings. The lowest BCUT2D eigenvalue weighted by atomic mass is 9.78. The first kappa shape index (κ1) is 13.2. The summed E-state index contributed by atoms with van der Waals surface area (Å²) in [6.45, 7) is 0. The molecule has 4 nitrogen and oxygen atoms in total. The molecular weight excluding hydrogens is 246 g/mol. The number of nitrogens with one attached hydrogen (secondary N) is 1. The van der Waals surface area contributed by atoms with Crippen molar-refractivity contribution < 1.29 is 10.5 Å². The minimum Gasteiger partial charge on any atom is -0.304 e. The van der Waals surface area contributed by atoms with Crippen molar-refractivity contribution in [2.45, 2.75) is 30.6 Å². The van der Waals surface area contributed by atoms with Crippen molar-refractivity contribution in [3.63, 3.8) is 0 Å². The topological polar surface area (TPSA) is 81.4 Å². The summed E-state index contributed by atoms with van der Waals surface area (Å²) in [5.74, 6) is 0.370. The molecule has 0 aromatic carbocycles. The maximum Gasteiger partial charge on any atom is 0.311 e. The molecule has 1 aromatic rings. The average molecular weight is 264 g/mol. The van der Waals surface area contributed by atoms with Gasteiger partial charge in [-0.1, -0.05) is 0 Å². The van der Waals surface area contributed by atoms with Gasteiger partial charge in [0.2, 0.25) is 0 Å². The highest BCUT2D eigenvalue weighted by atomic mass is 32.1. The molecule has 1 aliphatic carbocycles. The van der Waals surface area contributed by atoms with Crippen LogP contribution in [0.2, 0.25) is 0 Å². The molecule has 0 atom stereocenters. The van der Waals surface area contributed by atoms with Crippen LogP contribution in [0.25, 0.3) is 0 Å². The maximum absolute atomic E-state index is 11.2. The van der Waals surface area contributed by atoms with Crippen molar-refractivity contribution >= 4 is 24.2 Å². The molecular formula is C13H18N3OS+. The zero-order chi connectivity index (χ0) is 13.1. The van der Waals surface area contributed by atoms with Gasteiger partial charge >= 0.3 is 5.91 Å². The van der Waals surface area contributed by atoms with E-state index in [1.807, 2.05) is 6.07 Å². The summed E-state index contributed by atoms with van der Waals surface area (Å²) < 4.78 is 0. The normalized spacial score (nSPS) is 23.7. The Bertz CT molecular complexity index is 467. The Morgan fingerprint density at radius 1 is 1.33 bits per heavy atom. The van der Waals surface area contributed by atoms with E-state index in [4.69, 9.17) is 5.41 Å². The van der Waals surface area contributed by atoms with Gasteiger partial charge in [-0.05, 0) is 31.7 Å². The van der Waals surface area contributed by atoms with E-state index in [2.05, 4.69) is 23.3 Å². The van der Waals surface area contributed by atoms with Crippen LogP contribution < -0.4 is 5.73 Å². The predicted octanol–water partition coefficient (Wildman–Crippen LogP) is 1.31. The van der Waals surface area contributed by atoms with Gasteiger partial charge in [0.1, 0.15) is 0 Å². The van der Waals surface area contributed by atoms with Gasteiger partial charge in [-0.15, -0.1) is 12.6 Å². The van der Waals surface area contributed by atoms with Gasteiger partial charge in [0.15, 0.2) is 0 Å². The molecule has 1 amide bonds. The smallest absolute Gasteiger partial charge is 0.304 e. The van der Waals surface area contributed by atoms with Gasteiger partial charge in [-0.2, -0.15) is 0 Å². The minimum atomic E-state index is 0.0405. The highest BCUT2D eigenvalue weighted by molar-refractivity contribution is 7.80. The molecule has 96 valence electrons. The van der Waals surface area contributed by atoms with Gasteiger partial charge in [-0.25, -0.2) is 4.79 Å². The van der Waals surface area contributed by atoms with E-state index in [1.54, 1.807) is 12.4 Å².